The molecular weight excluding hydrogens is 447 g/mol. The molecule has 1 heterocycles. The molecule has 4 aromatic rings. The fourth-order valence-corrected chi connectivity index (χ4v) is 3.81. The third-order valence-electron chi connectivity index (χ3n) is 5.23. The fourth-order valence-electron chi connectivity index (χ4n) is 3.29. The summed E-state index contributed by atoms with van der Waals surface area (Å²) in [6, 6.07) is 18.3. The minimum absolute atomic E-state index is 0.0934. The maximum Gasteiger partial charge on any atom is 0.262 e. The number of hydrogen-bond acceptors (Lipinski definition) is 4. The zero-order chi connectivity index (χ0) is 22.7. The van der Waals surface area contributed by atoms with Gasteiger partial charge in [0.1, 0.15) is 11.3 Å². The summed E-state index contributed by atoms with van der Waals surface area (Å²) in [7, 11) is 0. The zero-order valence-electron chi connectivity index (χ0n) is 17.7. The molecule has 0 aliphatic rings. The summed E-state index contributed by atoms with van der Waals surface area (Å²) < 4.78 is 11.4. The van der Waals surface area contributed by atoms with E-state index in [1.165, 1.54) is 5.56 Å². The van der Waals surface area contributed by atoms with Crippen LogP contribution in [0.2, 0.25) is 10.0 Å². The third-order valence-corrected chi connectivity index (χ3v) is 5.73. The second-order valence-corrected chi connectivity index (χ2v) is 8.39. The molecule has 0 unspecified atom stereocenters. The number of ether oxygens (including phenoxy) is 1. The van der Waals surface area contributed by atoms with Crippen LogP contribution in [0, 0.1) is 0 Å². The highest BCUT2D eigenvalue weighted by Crippen LogP contribution is 2.32. The number of benzene rings is 3. The van der Waals surface area contributed by atoms with Gasteiger partial charge in [-0.2, -0.15) is 0 Å². The van der Waals surface area contributed by atoms with Gasteiger partial charge in [0.15, 0.2) is 12.2 Å². The largest absolute Gasteiger partial charge is 0.484 e. The van der Waals surface area contributed by atoms with Gasteiger partial charge in [-0.05, 0) is 60.4 Å². The van der Waals surface area contributed by atoms with Crippen molar-refractivity contribution in [2.24, 2.45) is 0 Å². The highest BCUT2D eigenvalue weighted by atomic mass is 35.5. The Morgan fingerprint density at radius 3 is 2.66 bits per heavy atom. The lowest BCUT2D eigenvalue weighted by molar-refractivity contribution is -0.118. The summed E-state index contributed by atoms with van der Waals surface area (Å²) in [5.41, 5.74) is 3.60. The van der Waals surface area contributed by atoms with Crippen molar-refractivity contribution < 1.29 is 13.9 Å². The van der Waals surface area contributed by atoms with Crippen molar-refractivity contribution in [3.63, 3.8) is 0 Å². The Morgan fingerprint density at radius 2 is 1.91 bits per heavy atom. The average molecular weight is 469 g/mol. The molecule has 0 fully saturated rings. The topological polar surface area (TPSA) is 64.4 Å². The molecule has 1 atom stereocenters. The monoisotopic (exact) mass is 468 g/mol. The number of fused-ring (bicyclic) bond motifs is 1. The van der Waals surface area contributed by atoms with Crippen molar-refractivity contribution in [3.05, 3.63) is 76.3 Å². The second kappa shape index (κ2) is 9.63. The number of amides is 1. The van der Waals surface area contributed by atoms with Crippen LogP contribution in [0.5, 0.6) is 5.75 Å². The molecule has 1 aromatic heterocycles. The number of hydrogen-bond donors (Lipinski definition) is 1. The van der Waals surface area contributed by atoms with E-state index in [4.69, 9.17) is 32.4 Å². The van der Waals surface area contributed by atoms with Gasteiger partial charge in [0.05, 0.1) is 5.02 Å². The molecule has 1 amide bonds. The van der Waals surface area contributed by atoms with E-state index in [0.29, 0.717) is 50.0 Å². The molecule has 0 aliphatic carbocycles. The third kappa shape index (κ3) is 5.06. The predicted molar refractivity (Wildman–Crippen MR) is 129 cm³/mol. The first kappa shape index (κ1) is 22.2. The molecule has 0 aliphatic heterocycles. The molecular formula is C25H22Cl2N2O3. The Bertz CT molecular complexity index is 1250. The van der Waals surface area contributed by atoms with Crippen LogP contribution in [0.25, 0.3) is 22.6 Å². The van der Waals surface area contributed by atoms with Crippen LogP contribution in [0.4, 0.5) is 5.69 Å². The van der Waals surface area contributed by atoms with Crippen molar-refractivity contribution in [2.45, 2.75) is 26.2 Å². The number of carbonyl (C=O) groups is 1. The summed E-state index contributed by atoms with van der Waals surface area (Å²) in [5.74, 6) is 1.27. The Morgan fingerprint density at radius 1 is 1.12 bits per heavy atom. The number of carbonyl (C=O) groups excluding carboxylic acids is 1. The van der Waals surface area contributed by atoms with E-state index in [0.717, 1.165) is 6.42 Å². The average Bonchev–Trinajstić information content (AvgIpc) is 3.22. The Balaban J connectivity index is 1.41. The number of aromatic nitrogens is 1. The first-order valence-electron chi connectivity index (χ1n) is 10.3. The highest BCUT2D eigenvalue weighted by Gasteiger charge is 2.13. The molecule has 4 rings (SSSR count). The van der Waals surface area contributed by atoms with E-state index in [-0.39, 0.29) is 12.5 Å². The number of nitrogens with one attached hydrogen (secondary N) is 1. The molecule has 164 valence electrons. The van der Waals surface area contributed by atoms with Crippen molar-refractivity contribution in [2.75, 3.05) is 11.9 Å². The van der Waals surface area contributed by atoms with Crippen LogP contribution in [0.15, 0.2) is 65.1 Å². The van der Waals surface area contributed by atoms with Gasteiger partial charge in [-0.15, -0.1) is 0 Å². The van der Waals surface area contributed by atoms with Crippen LogP contribution >= 0.6 is 23.2 Å². The lowest BCUT2D eigenvalue weighted by Crippen LogP contribution is -2.20. The lowest BCUT2D eigenvalue weighted by atomic mass is 9.99. The van der Waals surface area contributed by atoms with Gasteiger partial charge in [0.25, 0.3) is 5.91 Å². The van der Waals surface area contributed by atoms with Crippen LogP contribution in [0.1, 0.15) is 31.7 Å². The lowest BCUT2D eigenvalue weighted by Gasteiger charge is -2.11. The van der Waals surface area contributed by atoms with Gasteiger partial charge < -0.3 is 14.5 Å². The van der Waals surface area contributed by atoms with Crippen LogP contribution in [-0.2, 0) is 4.79 Å². The van der Waals surface area contributed by atoms with Gasteiger partial charge in [-0.25, -0.2) is 4.98 Å². The molecule has 7 heteroatoms. The summed E-state index contributed by atoms with van der Waals surface area (Å²) in [6.07, 6.45) is 1.08. The van der Waals surface area contributed by atoms with Crippen molar-refractivity contribution in [1.82, 2.24) is 4.98 Å². The first-order valence-corrected chi connectivity index (χ1v) is 11.1. The van der Waals surface area contributed by atoms with E-state index in [1.54, 1.807) is 24.3 Å². The maximum atomic E-state index is 12.4. The first-order chi connectivity index (χ1) is 15.4. The SMILES string of the molecule is CC[C@@H](C)c1ccc(OCC(=O)Nc2cccc(-c3nc4cc(Cl)cc(Cl)c4o3)c2)cc1. The molecule has 1 N–H and O–H groups in total. The number of halogens is 2. The van der Waals surface area contributed by atoms with Gasteiger partial charge in [-0.3, -0.25) is 4.79 Å². The Hall–Kier alpha value is -3.02. The summed E-state index contributed by atoms with van der Waals surface area (Å²) in [6.45, 7) is 4.25. The molecule has 0 saturated heterocycles. The molecule has 0 spiro atoms. The molecule has 0 radical (unpaired) electrons. The van der Waals surface area contributed by atoms with Crippen LogP contribution in [-0.4, -0.2) is 17.5 Å². The van der Waals surface area contributed by atoms with Gasteiger partial charge in [0, 0.05) is 16.3 Å². The summed E-state index contributed by atoms with van der Waals surface area (Å²) >= 11 is 12.2. The molecule has 5 nitrogen and oxygen atoms in total. The fraction of sp³-hybridized carbons (Fsp3) is 0.200. The molecule has 32 heavy (non-hydrogen) atoms. The minimum Gasteiger partial charge on any atom is -0.484 e. The van der Waals surface area contributed by atoms with Gasteiger partial charge >= 0.3 is 0 Å². The van der Waals surface area contributed by atoms with Crippen LogP contribution in [0.3, 0.4) is 0 Å². The Labute approximate surface area is 196 Å². The number of anilines is 1. The zero-order valence-corrected chi connectivity index (χ0v) is 19.2. The normalized spacial score (nSPS) is 12.0. The van der Waals surface area contributed by atoms with Crippen molar-refractivity contribution in [1.29, 1.82) is 0 Å². The molecule has 0 bridgehead atoms. The van der Waals surface area contributed by atoms with Crippen molar-refractivity contribution in [3.8, 4) is 17.2 Å². The molecule has 3 aromatic carbocycles. The standard InChI is InChI=1S/C25H22Cl2N2O3/c1-3-15(2)16-7-9-20(10-8-16)31-14-23(30)28-19-6-4-5-17(11-19)25-29-22-13-18(26)12-21(27)24(22)32-25/h4-13,15H,3,14H2,1-2H3,(H,28,30)/t15-/m1/s1. The number of rotatable bonds is 7. The van der Waals surface area contributed by atoms with Gasteiger partial charge in [0.2, 0.25) is 5.89 Å². The van der Waals surface area contributed by atoms with E-state index in [1.807, 2.05) is 36.4 Å². The summed E-state index contributed by atoms with van der Waals surface area (Å²) in [4.78, 5) is 16.8. The number of oxazole rings is 1. The Kier molecular flexibility index (Phi) is 6.68. The minimum atomic E-state index is -0.263. The van der Waals surface area contributed by atoms with E-state index in [2.05, 4.69) is 24.1 Å². The maximum absolute atomic E-state index is 12.4. The highest BCUT2D eigenvalue weighted by molar-refractivity contribution is 6.38. The quantitative estimate of drug-likeness (QED) is 0.308. The van der Waals surface area contributed by atoms with Crippen molar-refractivity contribution >= 4 is 45.9 Å². The van der Waals surface area contributed by atoms with Crippen LogP contribution < -0.4 is 10.1 Å². The second-order valence-electron chi connectivity index (χ2n) is 7.55. The van der Waals surface area contributed by atoms with E-state index < -0.39 is 0 Å². The van der Waals surface area contributed by atoms with E-state index >= 15 is 0 Å². The van der Waals surface area contributed by atoms with E-state index in [9.17, 15) is 4.79 Å². The number of nitrogens with zero attached hydrogens (tertiary/aromatic N) is 1. The van der Waals surface area contributed by atoms with Gasteiger partial charge in [-0.1, -0.05) is 55.2 Å². The molecule has 0 saturated carbocycles. The smallest absolute Gasteiger partial charge is 0.262 e. The summed E-state index contributed by atoms with van der Waals surface area (Å²) in [5, 5.41) is 3.71. The predicted octanol–water partition coefficient (Wildman–Crippen LogP) is 7.33.